The summed E-state index contributed by atoms with van der Waals surface area (Å²) in [6, 6.07) is 0. The van der Waals surface area contributed by atoms with Gasteiger partial charge in [0.2, 0.25) is 5.95 Å². The molecule has 2 heterocycles. The molecule has 1 aliphatic rings. The zero-order valence-electron chi connectivity index (χ0n) is 9.04. The van der Waals surface area contributed by atoms with Gasteiger partial charge in [-0.25, -0.2) is 9.97 Å². The molecular formula is C10H15N3O3. The SMILES string of the molecule is Cc1nc(N2CC(O)C(O)C2)ncc1CO. The van der Waals surface area contributed by atoms with E-state index in [1.807, 2.05) is 0 Å². The molecule has 16 heavy (non-hydrogen) atoms. The minimum absolute atomic E-state index is 0.0859. The fourth-order valence-corrected chi connectivity index (χ4v) is 1.72. The summed E-state index contributed by atoms with van der Waals surface area (Å²) >= 11 is 0. The molecule has 0 radical (unpaired) electrons. The van der Waals surface area contributed by atoms with Crippen LogP contribution >= 0.6 is 0 Å². The highest BCUT2D eigenvalue weighted by molar-refractivity contribution is 5.35. The first kappa shape index (κ1) is 11.3. The Balaban J connectivity index is 2.19. The van der Waals surface area contributed by atoms with Crippen molar-refractivity contribution < 1.29 is 15.3 Å². The molecule has 3 N–H and O–H groups in total. The molecule has 1 aromatic rings. The molecule has 0 bridgehead atoms. The van der Waals surface area contributed by atoms with Gasteiger partial charge >= 0.3 is 0 Å². The third-order valence-corrected chi connectivity index (χ3v) is 2.78. The molecule has 2 rings (SSSR count). The molecule has 6 heteroatoms. The van der Waals surface area contributed by atoms with Crippen molar-refractivity contribution in [2.24, 2.45) is 0 Å². The second kappa shape index (κ2) is 4.32. The molecule has 88 valence electrons. The lowest BCUT2D eigenvalue weighted by Gasteiger charge is -2.15. The van der Waals surface area contributed by atoms with Gasteiger partial charge in [-0.15, -0.1) is 0 Å². The van der Waals surface area contributed by atoms with Gasteiger partial charge in [-0.05, 0) is 6.92 Å². The third kappa shape index (κ3) is 1.99. The lowest BCUT2D eigenvalue weighted by atomic mass is 10.2. The second-order valence-electron chi connectivity index (χ2n) is 3.98. The molecule has 1 saturated heterocycles. The van der Waals surface area contributed by atoms with Gasteiger partial charge in [0, 0.05) is 30.5 Å². The maximum absolute atomic E-state index is 9.41. The quantitative estimate of drug-likeness (QED) is 0.587. The summed E-state index contributed by atoms with van der Waals surface area (Å²) in [6.07, 6.45) is 0.0669. The Morgan fingerprint density at radius 2 is 2.00 bits per heavy atom. The Morgan fingerprint density at radius 1 is 1.38 bits per heavy atom. The standard InChI is InChI=1S/C10H15N3O3/c1-6-7(5-14)2-11-10(12-6)13-3-8(15)9(16)4-13/h2,8-9,14-16H,3-5H2,1H3. The predicted octanol–water partition coefficient (Wildman–Crippen LogP) is -1.18. The minimum Gasteiger partial charge on any atom is -0.392 e. The lowest BCUT2D eigenvalue weighted by Crippen LogP contribution is -2.23. The van der Waals surface area contributed by atoms with Crippen LogP contribution in [0.4, 0.5) is 5.95 Å². The van der Waals surface area contributed by atoms with Crippen molar-refractivity contribution in [1.29, 1.82) is 0 Å². The molecule has 1 aliphatic heterocycles. The van der Waals surface area contributed by atoms with Gasteiger partial charge in [0.15, 0.2) is 0 Å². The Kier molecular flexibility index (Phi) is 3.04. The maximum atomic E-state index is 9.41. The lowest BCUT2D eigenvalue weighted by molar-refractivity contribution is 0.0572. The summed E-state index contributed by atoms with van der Waals surface area (Å²) in [4.78, 5) is 10.0. The minimum atomic E-state index is -0.749. The summed E-state index contributed by atoms with van der Waals surface area (Å²) in [6.45, 7) is 2.37. The average molecular weight is 225 g/mol. The number of anilines is 1. The monoisotopic (exact) mass is 225 g/mol. The molecule has 0 amide bonds. The van der Waals surface area contributed by atoms with Crippen LogP contribution in [0.1, 0.15) is 11.3 Å². The molecule has 2 atom stereocenters. The molecule has 0 aliphatic carbocycles. The van der Waals surface area contributed by atoms with E-state index in [2.05, 4.69) is 9.97 Å². The Bertz CT molecular complexity index is 376. The Morgan fingerprint density at radius 3 is 2.50 bits per heavy atom. The van der Waals surface area contributed by atoms with Crippen LogP contribution in [0.15, 0.2) is 6.20 Å². The number of hydrogen-bond acceptors (Lipinski definition) is 6. The van der Waals surface area contributed by atoms with Crippen molar-refractivity contribution in [2.75, 3.05) is 18.0 Å². The molecule has 0 spiro atoms. The van der Waals surface area contributed by atoms with Gasteiger partial charge in [-0.3, -0.25) is 0 Å². The number of aliphatic hydroxyl groups is 3. The topological polar surface area (TPSA) is 89.7 Å². The zero-order chi connectivity index (χ0) is 11.7. The van der Waals surface area contributed by atoms with E-state index < -0.39 is 12.2 Å². The number of hydrogen-bond donors (Lipinski definition) is 3. The van der Waals surface area contributed by atoms with Crippen LogP contribution in [0.2, 0.25) is 0 Å². The summed E-state index contributed by atoms with van der Waals surface area (Å²) in [5.41, 5.74) is 1.40. The maximum Gasteiger partial charge on any atom is 0.225 e. The molecule has 0 aromatic carbocycles. The van der Waals surface area contributed by atoms with Crippen LogP contribution in [0.25, 0.3) is 0 Å². The second-order valence-corrected chi connectivity index (χ2v) is 3.98. The normalized spacial score (nSPS) is 25.1. The first-order valence-corrected chi connectivity index (χ1v) is 5.16. The van der Waals surface area contributed by atoms with E-state index in [-0.39, 0.29) is 6.61 Å². The van der Waals surface area contributed by atoms with E-state index in [4.69, 9.17) is 5.11 Å². The van der Waals surface area contributed by atoms with Crippen LogP contribution in [0.5, 0.6) is 0 Å². The fourth-order valence-electron chi connectivity index (χ4n) is 1.72. The van der Waals surface area contributed by atoms with Crippen molar-refractivity contribution in [3.63, 3.8) is 0 Å². The molecule has 1 fully saturated rings. The highest BCUT2D eigenvalue weighted by atomic mass is 16.3. The smallest absolute Gasteiger partial charge is 0.225 e. The number of aromatic nitrogens is 2. The first-order chi connectivity index (χ1) is 7.61. The van der Waals surface area contributed by atoms with E-state index in [0.29, 0.717) is 30.3 Å². The van der Waals surface area contributed by atoms with Gasteiger partial charge in [0.1, 0.15) is 0 Å². The van der Waals surface area contributed by atoms with Crippen molar-refractivity contribution in [3.8, 4) is 0 Å². The van der Waals surface area contributed by atoms with E-state index in [1.54, 1.807) is 18.0 Å². The highest BCUT2D eigenvalue weighted by Gasteiger charge is 2.31. The van der Waals surface area contributed by atoms with Crippen LogP contribution in [0.3, 0.4) is 0 Å². The van der Waals surface area contributed by atoms with E-state index in [1.165, 1.54) is 0 Å². The number of aryl methyl sites for hydroxylation is 1. The van der Waals surface area contributed by atoms with Crippen LogP contribution < -0.4 is 4.90 Å². The molecule has 1 aromatic heterocycles. The summed E-state index contributed by atoms with van der Waals surface area (Å²) in [5, 5.41) is 27.8. The van der Waals surface area contributed by atoms with Gasteiger partial charge in [-0.1, -0.05) is 0 Å². The van der Waals surface area contributed by atoms with E-state index in [0.717, 1.165) is 0 Å². The summed E-state index contributed by atoms with van der Waals surface area (Å²) in [5.74, 6) is 0.477. The zero-order valence-corrected chi connectivity index (χ0v) is 9.04. The fraction of sp³-hybridized carbons (Fsp3) is 0.600. The van der Waals surface area contributed by atoms with Crippen molar-refractivity contribution in [2.45, 2.75) is 25.7 Å². The van der Waals surface area contributed by atoms with E-state index >= 15 is 0 Å². The van der Waals surface area contributed by atoms with Gasteiger partial charge < -0.3 is 20.2 Å². The molecule has 6 nitrogen and oxygen atoms in total. The summed E-state index contributed by atoms with van der Waals surface area (Å²) in [7, 11) is 0. The van der Waals surface area contributed by atoms with Crippen LogP contribution in [-0.4, -0.2) is 50.6 Å². The largest absolute Gasteiger partial charge is 0.392 e. The molecule has 2 unspecified atom stereocenters. The van der Waals surface area contributed by atoms with Gasteiger partial charge in [-0.2, -0.15) is 0 Å². The summed E-state index contributed by atoms with van der Waals surface area (Å²) < 4.78 is 0. The number of aliphatic hydroxyl groups excluding tert-OH is 3. The van der Waals surface area contributed by atoms with Crippen molar-refractivity contribution >= 4 is 5.95 Å². The Hall–Kier alpha value is -1.24. The molecular weight excluding hydrogens is 210 g/mol. The first-order valence-electron chi connectivity index (χ1n) is 5.16. The molecule has 0 saturated carbocycles. The van der Waals surface area contributed by atoms with Gasteiger partial charge in [0.25, 0.3) is 0 Å². The van der Waals surface area contributed by atoms with E-state index in [9.17, 15) is 10.2 Å². The number of rotatable bonds is 2. The highest BCUT2D eigenvalue weighted by Crippen LogP contribution is 2.17. The Labute approximate surface area is 93.2 Å². The average Bonchev–Trinajstić information content (AvgIpc) is 2.59. The van der Waals surface area contributed by atoms with Gasteiger partial charge in [0.05, 0.1) is 18.8 Å². The van der Waals surface area contributed by atoms with Crippen LogP contribution in [0, 0.1) is 6.92 Å². The van der Waals surface area contributed by atoms with Crippen LogP contribution in [-0.2, 0) is 6.61 Å². The number of nitrogens with zero attached hydrogens (tertiary/aromatic N) is 3. The third-order valence-electron chi connectivity index (χ3n) is 2.78. The predicted molar refractivity (Wildman–Crippen MR) is 56.9 cm³/mol. The number of β-amino-alcohol motifs (C(OH)–C–C–N with tert-alkyl or cyclic N) is 2. The van der Waals surface area contributed by atoms with Crippen molar-refractivity contribution in [3.05, 3.63) is 17.5 Å². The van der Waals surface area contributed by atoms with Crippen molar-refractivity contribution in [1.82, 2.24) is 9.97 Å².